The van der Waals surface area contributed by atoms with E-state index in [1.165, 1.54) is 12.1 Å². The molecule has 0 radical (unpaired) electrons. The Hall–Kier alpha value is -2.26. The number of H-pyrrole nitrogens is 1. The maximum absolute atomic E-state index is 12.3. The number of hydrogen-bond acceptors (Lipinski definition) is 4. The van der Waals surface area contributed by atoms with E-state index < -0.39 is 12.8 Å². The first-order chi connectivity index (χ1) is 11.9. The maximum atomic E-state index is 12.3. The maximum Gasteiger partial charge on any atom is 0.422 e. The lowest BCUT2D eigenvalue weighted by atomic mass is 10.1. The van der Waals surface area contributed by atoms with Crippen LogP contribution in [0.3, 0.4) is 0 Å². The zero-order valence-corrected chi connectivity index (χ0v) is 14.5. The van der Waals surface area contributed by atoms with E-state index in [0.29, 0.717) is 12.2 Å². The molecule has 1 aliphatic rings. The van der Waals surface area contributed by atoms with Crippen LogP contribution in [-0.4, -0.2) is 35.4 Å². The van der Waals surface area contributed by atoms with Gasteiger partial charge in [0.05, 0.1) is 0 Å². The Morgan fingerprint density at radius 3 is 2.69 bits per heavy atom. The Kier molecular flexibility index (Phi) is 6.49. The van der Waals surface area contributed by atoms with Crippen molar-refractivity contribution in [1.29, 1.82) is 0 Å². The zero-order chi connectivity index (χ0) is 17.9. The molecule has 0 fully saturated rings. The Labute approximate surface area is 153 Å². The number of amides is 1. The van der Waals surface area contributed by atoms with Crippen molar-refractivity contribution in [3.05, 3.63) is 46.8 Å². The second-order valence-electron chi connectivity index (χ2n) is 5.69. The van der Waals surface area contributed by atoms with Crippen LogP contribution < -0.4 is 15.4 Å². The van der Waals surface area contributed by atoms with Crippen LogP contribution in [0.5, 0.6) is 5.75 Å². The van der Waals surface area contributed by atoms with E-state index in [2.05, 4.69) is 25.6 Å². The average Bonchev–Trinajstić information content (AvgIpc) is 3.02. The van der Waals surface area contributed by atoms with E-state index in [0.717, 1.165) is 29.8 Å². The van der Waals surface area contributed by atoms with Crippen LogP contribution >= 0.6 is 12.4 Å². The molecule has 142 valence electrons. The summed E-state index contributed by atoms with van der Waals surface area (Å²) in [5.74, 6) is -0.168. The van der Waals surface area contributed by atoms with Crippen molar-refractivity contribution in [2.75, 3.05) is 13.2 Å². The smallest absolute Gasteiger partial charge is 0.422 e. The Morgan fingerprint density at radius 2 is 2.00 bits per heavy atom. The molecule has 1 aliphatic heterocycles. The van der Waals surface area contributed by atoms with Gasteiger partial charge in [0.25, 0.3) is 5.91 Å². The molecule has 2 heterocycles. The van der Waals surface area contributed by atoms with Gasteiger partial charge in [-0.05, 0) is 17.7 Å². The highest BCUT2D eigenvalue weighted by atomic mass is 35.5. The third kappa shape index (κ3) is 5.12. The number of nitrogens with one attached hydrogen (secondary N) is 3. The fourth-order valence-electron chi connectivity index (χ4n) is 2.55. The number of hydrogen-bond donors (Lipinski definition) is 3. The number of rotatable bonds is 5. The Morgan fingerprint density at radius 1 is 1.27 bits per heavy atom. The number of ether oxygens (including phenoxy) is 1. The molecule has 1 aromatic carbocycles. The van der Waals surface area contributed by atoms with Crippen LogP contribution in [0.15, 0.2) is 24.3 Å². The van der Waals surface area contributed by atoms with E-state index in [9.17, 15) is 18.0 Å². The lowest BCUT2D eigenvalue weighted by Gasteiger charge is -2.13. The predicted molar refractivity (Wildman–Crippen MR) is 90.4 cm³/mol. The first-order valence-corrected chi connectivity index (χ1v) is 7.76. The molecule has 0 bridgehead atoms. The van der Waals surface area contributed by atoms with Gasteiger partial charge in [0.15, 0.2) is 12.3 Å². The summed E-state index contributed by atoms with van der Waals surface area (Å²) in [7, 11) is 0. The van der Waals surface area contributed by atoms with Gasteiger partial charge < -0.3 is 15.4 Å². The largest absolute Gasteiger partial charge is 0.484 e. The van der Waals surface area contributed by atoms with Gasteiger partial charge in [-0.3, -0.25) is 9.89 Å². The van der Waals surface area contributed by atoms with Crippen molar-refractivity contribution in [3.63, 3.8) is 0 Å². The quantitative estimate of drug-likeness (QED) is 0.732. The van der Waals surface area contributed by atoms with Crippen molar-refractivity contribution in [3.8, 4) is 5.75 Å². The second-order valence-corrected chi connectivity index (χ2v) is 5.69. The summed E-state index contributed by atoms with van der Waals surface area (Å²) in [4.78, 5) is 12.3. The molecule has 3 N–H and O–H groups in total. The van der Waals surface area contributed by atoms with Gasteiger partial charge in [-0.15, -0.1) is 12.4 Å². The van der Waals surface area contributed by atoms with Gasteiger partial charge in [0.2, 0.25) is 0 Å². The Bertz CT molecular complexity index is 747. The number of halogens is 4. The van der Waals surface area contributed by atoms with Gasteiger partial charge in [-0.1, -0.05) is 12.1 Å². The molecular formula is C16H18ClF3N4O2. The molecule has 1 amide bonds. The van der Waals surface area contributed by atoms with Gasteiger partial charge in [-0.25, -0.2) is 0 Å². The lowest BCUT2D eigenvalue weighted by Crippen LogP contribution is -2.28. The molecule has 0 spiro atoms. The van der Waals surface area contributed by atoms with Crippen LogP contribution in [-0.2, 0) is 19.5 Å². The molecule has 10 heteroatoms. The minimum atomic E-state index is -4.37. The van der Waals surface area contributed by atoms with E-state index in [4.69, 9.17) is 0 Å². The van der Waals surface area contributed by atoms with Crippen LogP contribution in [0.25, 0.3) is 0 Å². The topological polar surface area (TPSA) is 79.0 Å². The highest BCUT2D eigenvalue weighted by Crippen LogP contribution is 2.19. The number of aromatic nitrogens is 2. The molecule has 3 rings (SSSR count). The Balaban J connectivity index is 0.00000243. The minimum absolute atomic E-state index is 0. The molecular weight excluding hydrogens is 373 g/mol. The number of benzene rings is 1. The normalized spacial score (nSPS) is 13.5. The number of carbonyl (C=O) groups is 1. The highest BCUT2D eigenvalue weighted by Gasteiger charge is 2.28. The highest BCUT2D eigenvalue weighted by molar-refractivity contribution is 5.94. The lowest BCUT2D eigenvalue weighted by molar-refractivity contribution is -0.153. The third-order valence-electron chi connectivity index (χ3n) is 3.80. The van der Waals surface area contributed by atoms with Gasteiger partial charge in [0.1, 0.15) is 5.75 Å². The van der Waals surface area contributed by atoms with Gasteiger partial charge in [0, 0.05) is 37.3 Å². The third-order valence-corrected chi connectivity index (χ3v) is 3.80. The van der Waals surface area contributed by atoms with Crippen molar-refractivity contribution < 1.29 is 22.7 Å². The number of nitrogens with zero attached hydrogens (tertiary/aromatic N) is 1. The molecule has 2 aromatic rings. The minimum Gasteiger partial charge on any atom is -0.484 e. The van der Waals surface area contributed by atoms with Crippen molar-refractivity contribution in [1.82, 2.24) is 20.8 Å². The predicted octanol–water partition coefficient (Wildman–Crippen LogP) is 2.35. The fourth-order valence-corrected chi connectivity index (χ4v) is 2.55. The first-order valence-electron chi connectivity index (χ1n) is 7.76. The van der Waals surface area contributed by atoms with Crippen molar-refractivity contribution in [2.45, 2.75) is 25.7 Å². The number of alkyl halides is 3. The average molecular weight is 391 g/mol. The summed E-state index contributed by atoms with van der Waals surface area (Å²) >= 11 is 0. The number of carbonyl (C=O) groups excluding carboxylic acids is 1. The first kappa shape index (κ1) is 20.1. The van der Waals surface area contributed by atoms with Crippen LogP contribution in [0.4, 0.5) is 13.2 Å². The van der Waals surface area contributed by atoms with Crippen LogP contribution in [0, 0.1) is 0 Å². The summed E-state index contributed by atoms with van der Waals surface area (Å²) in [6.45, 7) is 0.355. The van der Waals surface area contributed by atoms with E-state index >= 15 is 0 Å². The molecule has 0 aliphatic carbocycles. The number of aromatic amines is 1. The fraction of sp³-hybridized carbons (Fsp3) is 0.375. The summed E-state index contributed by atoms with van der Waals surface area (Å²) in [6.07, 6.45) is -3.57. The monoisotopic (exact) mass is 390 g/mol. The molecule has 1 aromatic heterocycles. The molecule has 6 nitrogen and oxygen atoms in total. The van der Waals surface area contributed by atoms with E-state index in [-0.39, 0.29) is 30.6 Å². The summed E-state index contributed by atoms with van der Waals surface area (Å²) in [5, 5.41) is 12.9. The van der Waals surface area contributed by atoms with Gasteiger partial charge >= 0.3 is 6.18 Å². The van der Waals surface area contributed by atoms with E-state index in [1.54, 1.807) is 12.1 Å². The molecule has 26 heavy (non-hydrogen) atoms. The summed E-state index contributed by atoms with van der Waals surface area (Å²) in [5.41, 5.74) is 2.96. The summed E-state index contributed by atoms with van der Waals surface area (Å²) in [6, 6.07) is 6.09. The molecule has 0 unspecified atom stereocenters. The number of fused-ring (bicyclic) bond motifs is 1. The second kappa shape index (κ2) is 8.41. The van der Waals surface area contributed by atoms with Gasteiger partial charge in [-0.2, -0.15) is 18.3 Å². The standard InChI is InChI=1S/C16H17F3N4O2.ClH/c17-16(18,19)9-25-11-3-1-10(2-4-11)7-21-15(24)14-12-8-20-6-5-13(12)22-23-14;/h1-4,20H,5-9H2,(H,21,24)(H,22,23);1H. The SMILES string of the molecule is Cl.O=C(NCc1ccc(OCC(F)(F)F)cc1)c1n[nH]c2c1CNCC2. The van der Waals surface area contributed by atoms with Crippen LogP contribution in [0.2, 0.25) is 0 Å². The summed E-state index contributed by atoms with van der Waals surface area (Å²) < 4.78 is 40.9. The molecule has 0 saturated heterocycles. The van der Waals surface area contributed by atoms with Crippen molar-refractivity contribution in [2.24, 2.45) is 0 Å². The van der Waals surface area contributed by atoms with Crippen molar-refractivity contribution >= 4 is 18.3 Å². The van der Waals surface area contributed by atoms with E-state index in [1.807, 2.05) is 0 Å². The van der Waals surface area contributed by atoms with Crippen LogP contribution in [0.1, 0.15) is 27.3 Å². The molecule has 0 saturated carbocycles. The molecule has 0 atom stereocenters. The zero-order valence-electron chi connectivity index (χ0n) is 13.7.